The van der Waals surface area contributed by atoms with Crippen LogP contribution in [-0.2, 0) is 9.84 Å². The van der Waals surface area contributed by atoms with Gasteiger partial charge in [-0.3, -0.25) is 4.79 Å². The fraction of sp³-hybridized carbons (Fsp3) is 0.278. The molecule has 0 aromatic heterocycles. The second-order valence-electron chi connectivity index (χ2n) is 6.16. The van der Waals surface area contributed by atoms with E-state index in [1.807, 2.05) is 0 Å². The second-order valence-corrected chi connectivity index (χ2v) is 8.04. The highest BCUT2D eigenvalue weighted by molar-refractivity contribution is 7.91. The lowest BCUT2D eigenvalue weighted by molar-refractivity contribution is 0.100. The lowest BCUT2D eigenvalue weighted by Gasteiger charge is -2.38. The Morgan fingerprint density at radius 2 is 1.48 bits per heavy atom. The van der Waals surface area contributed by atoms with Gasteiger partial charge < -0.3 is 15.5 Å². The van der Waals surface area contributed by atoms with Gasteiger partial charge in [-0.05, 0) is 36.4 Å². The summed E-state index contributed by atoms with van der Waals surface area (Å²) in [5, 5.41) is 0. The van der Waals surface area contributed by atoms with Gasteiger partial charge in [-0.1, -0.05) is 12.1 Å². The summed E-state index contributed by atoms with van der Waals surface area (Å²) >= 11 is 0. The summed E-state index contributed by atoms with van der Waals surface area (Å²) in [5.74, 6) is -3.95. The van der Waals surface area contributed by atoms with Crippen molar-refractivity contribution in [2.75, 3.05) is 36.0 Å². The van der Waals surface area contributed by atoms with Crippen molar-refractivity contribution in [3.8, 4) is 0 Å². The normalized spacial score (nSPS) is 15.2. The zero-order valence-electron chi connectivity index (χ0n) is 14.4. The largest absolute Gasteiger partial charge is 0.368 e. The number of rotatable bonds is 5. The van der Waals surface area contributed by atoms with Gasteiger partial charge in [0.25, 0.3) is 0 Å². The third-order valence-corrected chi connectivity index (χ3v) is 5.97. The Morgan fingerprint density at radius 1 is 0.926 bits per heavy atom. The minimum absolute atomic E-state index is 0.293. The monoisotopic (exact) mass is 395 g/mol. The van der Waals surface area contributed by atoms with E-state index < -0.39 is 21.5 Å². The highest BCUT2D eigenvalue weighted by Crippen LogP contribution is 2.30. The molecule has 0 spiro atoms. The molecule has 0 saturated carbocycles. The third kappa shape index (κ3) is 3.87. The van der Waals surface area contributed by atoms with Crippen molar-refractivity contribution in [3.05, 3.63) is 54.1 Å². The quantitative estimate of drug-likeness (QED) is 0.838. The maximum atomic E-state index is 13.0. The number of carbonyl (C=O) groups is 1. The molecule has 27 heavy (non-hydrogen) atoms. The first kappa shape index (κ1) is 19.1. The van der Waals surface area contributed by atoms with E-state index in [-0.39, 0.29) is 4.90 Å². The number of nitrogens with zero attached hydrogens (tertiary/aromatic N) is 2. The molecule has 1 aliphatic heterocycles. The van der Waals surface area contributed by atoms with Crippen LogP contribution in [0.2, 0.25) is 0 Å². The lowest BCUT2D eigenvalue weighted by atomic mass is 10.1. The van der Waals surface area contributed by atoms with E-state index in [4.69, 9.17) is 5.73 Å². The van der Waals surface area contributed by atoms with Crippen LogP contribution in [0.5, 0.6) is 0 Å². The van der Waals surface area contributed by atoms with Gasteiger partial charge in [0.1, 0.15) is 0 Å². The van der Waals surface area contributed by atoms with Crippen LogP contribution in [-0.4, -0.2) is 46.3 Å². The first-order chi connectivity index (χ1) is 12.8. The number of piperazine rings is 1. The maximum absolute atomic E-state index is 13.0. The number of anilines is 2. The summed E-state index contributed by atoms with van der Waals surface area (Å²) in [4.78, 5) is 14.7. The van der Waals surface area contributed by atoms with Crippen LogP contribution in [0, 0.1) is 0 Å². The van der Waals surface area contributed by atoms with Crippen LogP contribution >= 0.6 is 0 Å². The maximum Gasteiger partial charge on any atom is 0.341 e. The molecular weight excluding hydrogens is 376 g/mol. The first-order valence-corrected chi connectivity index (χ1v) is 9.86. The molecule has 1 aliphatic rings. The van der Waals surface area contributed by atoms with E-state index in [0.29, 0.717) is 37.4 Å². The number of primary amides is 1. The Kier molecular flexibility index (Phi) is 5.31. The van der Waals surface area contributed by atoms with Crippen molar-refractivity contribution in [2.45, 2.75) is 10.7 Å². The van der Waals surface area contributed by atoms with Crippen LogP contribution in [0.25, 0.3) is 0 Å². The minimum atomic E-state index is -4.67. The Balaban J connectivity index is 1.76. The van der Waals surface area contributed by atoms with Crippen molar-refractivity contribution in [1.82, 2.24) is 0 Å². The average Bonchev–Trinajstić information content (AvgIpc) is 2.68. The summed E-state index contributed by atoms with van der Waals surface area (Å²) in [6, 6.07) is 12.7. The number of hydrogen-bond donors (Lipinski definition) is 1. The van der Waals surface area contributed by atoms with Gasteiger partial charge in [0, 0.05) is 37.4 Å². The first-order valence-electron chi connectivity index (χ1n) is 8.31. The molecule has 2 aromatic rings. The number of para-hydroxylation sites is 1. The molecule has 3 rings (SSSR count). The van der Waals surface area contributed by atoms with Crippen LogP contribution in [0.15, 0.2) is 53.4 Å². The van der Waals surface area contributed by atoms with Gasteiger partial charge in [-0.15, -0.1) is 0 Å². The number of hydrogen-bond acceptors (Lipinski definition) is 5. The molecule has 0 unspecified atom stereocenters. The smallest absolute Gasteiger partial charge is 0.341 e. The number of nitrogens with two attached hydrogens (primary N) is 1. The lowest BCUT2D eigenvalue weighted by Crippen LogP contribution is -2.47. The molecule has 2 aromatic carbocycles. The Hall–Kier alpha value is -2.68. The number of alkyl halides is 2. The summed E-state index contributed by atoms with van der Waals surface area (Å²) in [6.07, 6.45) is 0. The third-order valence-electron chi connectivity index (χ3n) is 4.54. The molecular formula is C18H19F2N3O3S. The second kappa shape index (κ2) is 7.51. The molecule has 144 valence electrons. The highest BCUT2D eigenvalue weighted by Gasteiger charge is 2.31. The van der Waals surface area contributed by atoms with E-state index in [9.17, 15) is 22.0 Å². The van der Waals surface area contributed by atoms with Crippen molar-refractivity contribution in [1.29, 1.82) is 0 Å². The van der Waals surface area contributed by atoms with E-state index in [1.165, 1.54) is 12.1 Å². The van der Waals surface area contributed by atoms with Crippen molar-refractivity contribution >= 4 is 27.1 Å². The Labute approximate surface area is 156 Å². The minimum Gasteiger partial charge on any atom is -0.368 e. The molecule has 9 heteroatoms. The molecule has 1 heterocycles. The fourth-order valence-corrected chi connectivity index (χ4v) is 4.05. The molecule has 6 nitrogen and oxygen atoms in total. The van der Waals surface area contributed by atoms with Gasteiger partial charge >= 0.3 is 5.76 Å². The molecule has 1 fully saturated rings. The van der Waals surface area contributed by atoms with E-state index in [0.717, 1.165) is 5.69 Å². The van der Waals surface area contributed by atoms with E-state index in [1.54, 1.807) is 41.3 Å². The van der Waals surface area contributed by atoms with Crippen LogP contribution in [0.1, 0.15) is 10.4 Å². The van der Waals surface area contributed by atoms with Gasteiger partial charge in [0.15, 0.2) is 0 Å². The summed E-state index contributed by atoms with van der Waals surface area (Å²) < 4.78 is 49.8. The Morgan fingerprint density at radius 3 is 2.04 bits per heavy atom. The standard InChI is InChI=1S/C18H19F2N3O3S/c19-18(20)27(25,26)16-4-2-1-3-15(16)23-11-9-22(10-12-23)14-7-5-13(6-8-14)17(21)24/h1-8,18H,9-12H2,(H2,21,24). The fourth-order valence-electron chi connectivity index (χ4n) is 3.10. The molecule has 0 aliphatic carbocycles. The van der Waals surface area contributed by atoms with E-state index >= 15 is 0 Å². The topological polar surface area (TPSA) is 83.7 Å². The number of sulfone groups is 1. The summed E-state index contributed by atoms with van der Waals surface area (Å²) in [6.45, 7) is 2.12. The van der Waals surface area contributed by atoms with Gasteiger partial charge in [-0.2, -0.15) is 8.78 Å². The number of halogens is 2. The SMILES string of the molecule is NC(=O)c1ccc(N2CCN(c3ccccc3S(=O)(=O)C(F)F)CC2)cc1. The summed E-state index contributed by atoms with van der Waals surface area (Å²) in [7, 11) is -4.67. The molecule has 0 radical (unpaired) electrons. The average molecular weight is 395 g/mol. The number of benzene rings is 2. The van der Waals surface area contributed by atoms with Crippen molar-refractivity contribution < 1.29 is 22.0 Å². The number of carbonyl (C=O) groups excluding carboxylic acids is 1. The van der Waals surface area contributed by atoms with Gasteiger partial charge in [0.2, 0.25) is 15.7 Å². The number of amides is 1. The van der Waals surface area contributed by atoms with E-state index in [2.05, 4.69) is 4.90 Å². The van der Waals surface area contributed by atoms with Crippen LogP contribution < -0.4 is 15.5 Å². The summed E-state index contributed by atoms with van der Waals surface area (Å²) in [5.41, 5.74) is 6.86. The zero-order valence-corrected chi connectivity index (χ0v) is 15.2. The Bertz CT molecular complexity index is 925. The van der Waals surface area contributed by atoms with Crippen molar-refractivity contribution in [2.24, 2.45) is 5.73 Å². The molecule has 2 N–H and O–H groups in total. The highest BCUT2D eigenvalue weighted by atomic mass is 32.2. The van der Waals surface area contributed by atoms with Crippen LogP contribution in [0.3, 0.4) is 0 Å². The van der Waals surface area contributed by atoms with Crippen molar-refractivity contribution in [3.63, 3.8) is 0 Å². The molecule has 1 amide bonds. The van der Waals surface area contributed by atoms with Crippen LogP contribution in [0.4, 0.5) is 20.2 Å². The van der Waals surface area contributed by atoms with Gasteiger partial charge in [-0.25, -0.2) is 8.42 Å². The molecule has 0 bridgehead atoms. The molecule has 0 atom stereocenters. The predicted octanol–water partition coefficient (Wildman–Crippen LogP) is 2.11. The molecule has 1 saturated heterocycles. The van der Waals surface area contributed by atoms with Gasteiger partial charge in [0.05, 0.1) is 10.6 Å². The zero-order chi connectivity index (χ0) is 19.6. The predicted molar refractivity (Wildman–Crippen MR) is 99.0 cm³/mol.